The van der Waals surface area contributed by atoms with Crippen molar-refractivity contribution in [2.24, 2.45) is 0 Å². The van der Waals surface area contributed by atoms with E-state index in [0.717, 1.165) is 11.1 Å². The van der Waals surface area contributed by atoms with Gasteiger partial charge in [-0.25, -0.2) is 0 Å². The number of imide groups is 1. The number of hydrogen-bond acceptors (Lipinski definition) is 3. The molecule has 2 aromatic rings. The Morgan fingerprint density at radius 2 is 1.39 bits per heavy atom. The van der Waals surface area contributed by atoms with Crippen molar-refractivity contribution in [3.63, 3.8) is 0 Å². The molecule has 2 aromatic carbocycles. The molecule has 0 saturated carbocycles. The van der Waals surface area contributed by atoms with Crippen LogP contribution >= 0.6 is 0 Å². The van der Waals surface area contributed by atoms with E-state index >= 15 is 0 Å². The van der Waals surface area contributed by atoms with E-state index in [1.165, 1.54) is 4.90 Å². The van der Waals surface area contributed by atoms with Crippen molar-refractivity contribution in [1.82, 2.24) is 9.80 Å². The molecule has 0 radical (unpaired) electrons. The van der Waals surface area contributed by atoms with Gasteiger partial charge in [0.25, 0.3) is 0 Å². The van der Waals surface area contributed by atoms with Gasteiger partial charge in [0.2, 0.25) is 11.8 Å². The van der Waals surface area contributed by atoms with Gasteiger partial charge in [-0.05, 0) is 11.1 Å². The van der Waals surface area contributed by atoms with Crippen LogP contribution in [0.2, 0.25) is 0 Å². The maximum Gasteiger partial charge on any atom is 0.246 e. The molecule has 3 rings (SSSR count). The van der Waals surface area contributed by atoms with Crippen LogP contribution in [0.4, 0.5) is 0 Å². The molecule has 2 amide bonds. The van der Waals surface area contributed by atoms with Gasteiger partial charge in [0.05, 0.1) is 12.5 Å². The summed E-state index contributed by atoms with van der Waals surface area (Å²) in [7, 11) is 1.56. The van der Waals surface area contributed by atoms with Crippen molar-refractivity contribution in [3.05, 3.63) is 71.8 Å². The summed E-state index contributed by atoms with van der Waals surface area (Å²) in [4.78, 5) is 27.6. The minimum absolute atomic E-state index is 0.105. The number of benzene rings is 2. The first-order valence-electron chi connectivity index (χ1n) is 7.77. The first-order valence-corrected chi connectivity index (χ1v) is 7.77. The van der Waals surface area contributed by atoms with E-state index in [4.69, 9.17) is 0 Å². The molecule has 4 nitrogen and oxygen atoms in total. The molecule has 118 valence electrons. The van der Waals surface area contributed by atoms with Crippen LogP contribution in [0.25, 0.3) is 0 Å². The van der Waals surface area contributed by atoms with Gasteiger partial charge in [0, 0.05) is 20.1 Å². The van der Waals surface area contributed by atoms with Gasteiger partial charge < -0.3 is 0 Å². The smallest absolute Gasteiger partial charge is 0.246 e. The van der Waals surface area contributed by atoms with E-state index < -0.39 is 0 Å². The summed E-state index contributed by atoms with van der Waals surface area (Å²) in [6.45, 7) is 1.29. The van der Waals surface area contributed by atoms with E-state index in [1.54, 1.807) is 7.05 Å². The summed E-state index contributed by atoms with van der Waals surface area (Å²) in [5, 5.41) is 0. The normalized spacial score (nSPS) is 18.0. The molecular formula is C19H20N2O2. The van der Waals surface area contributed by atoms with Gasteiger partial charge in [0.15, 0.2) is 0 Å². The van der Waals surface area contributed by atoms with Crippen molar-refractivity contribution in [2.45, 2.75) is 25.6 Å². The first kappa shape index (κ1) is 15.4. The minimum atomic E-state index is -0.382. The summed E-state index contributed by atoms with van der Waals surface area (Å²) >= 11 is 0. The van der Waals surface area contributed by atoms with Crippen LogP contribution in [0, 0.1) is 0 Å². The highest BCUT2D eigenvalue weighted by molar-refractivity contribution is 6.05. The zero-order valence-electron chi connectivity index (χ0n) is 13.2. The summed E-state index contributed by atoms with van der Waals surface area (Å²) in [5.74, 6) is -0.215. The molecule has 0 N–H and O–H groups in total. The van der Waals surface area contributed by atoms with Gasteiger partial charge >= 0.3 is 0 Å². The Hall–Kier alpha value is -2.46. The Balaban J connectivity index is 1.84. The molecule has 1 fully saturated rings. The summed E-state index contributed by atoms with van der Waals surface area (Å²) in [5.41, 5.74) is 2.27. The topological polar surface area (TPSA) is 40.6 Å². The average Bonchev–Trinajstić information content (AvgIpc) is 2.84. The van der Waals surface area contributed by atoms with E-state index in [9.17, 15) is 9.59 Å². The maximum atomic E-state index is 12.4. The Morgan fingerprint density at radius 3 is 1.78 bits per heavy atom. The first-order chi connectivity index (χ1) is 11.1. The minimum Gasteiger partial charge on any atom is -0.284 e. The lowest BCUT2D eigenvalue weighted by atomic mass is 10.1. The molecule has 0 bridgehead atoms. The number of likely N-dealkylation sites (tertiary alicyclic amines) is 1. The molecule has 1 heterocycles. The third kappa shape index (κ3) is 3.48. The molecule has 1 aliphatic heterocycles. The van der Waals surface area contributed by atoms with E-state index in [2.05, 4.69) is 4.90 Å². The quantitative estimate of drug-likeness (QED) is 0.797. The number of amides is 2. The van der Waals surface area contributed by atoms with E-state index in [1.807, 2.05) is 60.7 Å². The van der Waals surface area contributed by atoms with Crippen LogP contribution in [0.3, 0.4) is 0 Å². The van der Waals surface area contributed by atoms with E-state index in [-0.39, 0.29) is 24.3 Å². The molecule has 23 heavy (non-hydrogen) atoms. The number of carbonyl (C=O) groups excluding carboxylic acids is 2. The highest BCUT2D eigenvalue weighted by Gasteiger charge is 2.39. The fraction of sp³-hybridized carbons (Fsp3) is 0.263. The SMILES string of the molecule is CN1C(=O)C[C@H](N(Cc2ccccc2)Cc2ccccc2)C1=O. The van der Waals surface area contributed by atoms with Crippen LogP contribution in [-0.4, -0.2) is 34.7 Å². The monoisotopic (exact) mass is 308 g/mol. The second-order valence-electron chi connectivity index (χ2n) is 5.89. The van der Waals surface area contributed by atoms with Gasteiger partial charge in [0.1, 0.15) is 0 Å². The van der Waals surface area contributed by atoms with Gasteiger partial charge in [-0.3, -0.25) is 19.4 Å². The molecule has 1 aliphatic rings. The highest BCUT2D eigenvalue weighted by Crippen LogP contribution is 2.22. The lowest BCUT2D eigenvalue weighted by molar-refractivity contribution is -0.138. The van der Waals surface area contributed by atoms with Crippen LogP contribution in [-0.2, 0) is 22.7 Å². The molecule has 4 heteroatoms. The predicted molar refractivity (Wildman–Crippen MR) is 88.3 cm³/mol. The molecule has 0 unspecified atom stereocenters. The van der Waals surface area contributed by atoms with Crippen molar-refractivity contribution in [3.8, 4) is 0 Å². The standard InChI is InChI=1S/C19H20N2O2/c1-20-18(22)12-17(19(20)23)21(13-15-8-4-2-5-9-15)14-16-10-6-3-7-11-16/h2-11,17H,12-14H2,1H3/t17-/m0/s1. The lowest BCUT2D eigenvalue weighted by Crippen LogP contribution is -2.40. The zero-order chi connectivity index (χ0) is 16.2. The molecule has 1 saturated heterocycles. The van der Waals surface area contributed by atoms with Crippen LogP contribution < -0.4 is 0 Å². The summed E-state index contributed by atoms with van der Waals surface area (Å²) in [6.07, 6.45) is 0.259. The largest absolute Gasteiger partial charge is 0.284 e. The molecule has 0 spiro atoms. The lowest BCUT2D eigenvalue weighted by Gasteiger charge is -2.27. The van der Waals surface area contributed by atoms with Crippen molar-refractivity contribution < 1.29 is 9.59 Å². The molecule has 0 aliphatic carbocycles. The Kier molecular flexibility index (Phi) is 4.53. The number of rotatable bonds is 5. The van der Waals surface area contributed by atoms with Gasteiger partial charge in [-0.2, -0.15) is 0 Å². The molecule has 0 aromatic heterocycles. The molecular weight excluding hydrogens is 288 g/mol. The van der Waals surface area contributed by atoms with Crippen molar-refractivity contribution in [2.75, 3.05) is 7.05 Å². The molecule has 1 atom stereocenters. The van der Waals surface area contributed by atoms with Gasteiger partial charge in [-0.15, -0.1) is 0 Å². The number of nitrogens with zero attached hydrogens (tertiary/aromatic N) is 2. The predicted octanol–water partition coefficient (Wildman–Crippen LogP) is 2.45. The average molecular weight is 308 g/mol. The number of carbonyl (C=O) groups is 2. The summed E-state index contributed by atoms with van der Waals surface area (Å²) in [6, 6.07) is 19.7. The fourth-order valence-corrected chi connectivity index (χ4v) is 2.93. The number of hydrogen-bond donors (Lipinski definition) is 0. The Bertz CT molecular complexity index is 644. The van der Waals surface area contributed by atoms with Gasteiger partial charge in [-0.1, -0.05) is 60.7 Å². The highest BCUT2D eigenvalue weighted by atomic mass is 16.2. The van der Waals surface area contributed by atoms with E-state index in [0.29, 0.717) is 13.1 Å². The van der Waals surface area contributed by atoms with Crippen LogP contribution in [0.15, 0.2) is 60.7 Å². The zero-order valence-corrected chi connectivity index (χ0v) is 13.2. The van der Waals surface area contributed by atoms with Crippen molar-refractivity contribution >= 4 is 11.8 Å². The second kappa shape index (κ2) is 6.75. The number of likely N-dealkylation sites (N-methyl/N-ethyl adjacent to an activating group) is 1. The maximum absolute atomic E-state index is 12.4. The fourth-order valence-electron chi connectivity index (χ4n) is 2.93. The Labute approximate surface area is 136 Å². The Morgan fingerprint density at radius 1 is 0.913 bits per heavy atom. The van der Waals surface area contributed by atoms with Crippen LogP contribution in [0.1, 0.15) is 17.5 Å². The third-order valence-corrected chi connectivity index (χ3v) is 4.26. The third-order valence-electron chi connectivity index (χ3n) is 4.26. The second-order valence-corrected chi connectivity index (χ2v) is 5.89. The summed E-state index contributed by atoms with van der Waals surface area (Å²) < 4.78 is 0. The van der Waals surface area contributed by atoms with Crippen molar-refractivity contribution in [1.29, 1.82) is 0 Å². The van der Waals surface area contributed by atoms with Crippen LogP contribution in [0.5, 0.6) is 0 Å².